The van der Waals surface area contributed by atoms with Crippen LogP contribution in [0.15, 0.2) is 61.2 Å². The second-order valence-corrected chi connectivity index (χ2v) is 8.85. The molecule has 0 bridgehead atoms. The van der Waals surface area contributed by atoms with Gasteiger partial charge in [-0.2, -0.15) is 0 Å². The third kappa shape index (κ3) is 6.39. The lowest BCUT2D eigenvalue weighted by molar-refractivity contribution is 0.0924. The molecule has 6 nitrogen and oxygen atoms in total. The standard InChI is InChI=1S/C24H28Cl2N2O4/c1-24(2,18-5-8-23(22(26)11-18)32-14-19(29)12-25)17-3-6-21(7-4-17)31-15-20(30)13-28-10-9-27-16-28/h3-11,16,19-20,29-30H,12-15H2,1-2H3/t19-,20+/m1/s1. The van der Waals surface area contributed by atoms with Gasteiger partial charge in [0.15, 0.2) is 0 Å². The summed E-state index contributed by atoms with van der Waals surface area (Å²) in [7, 11) is 0. The minimum atomic E-state index is -0.739. The molecule has 0 aliphatic rings. The van der Waals surface area contributed by atoms with E-state index in [1.807, 2.05) is 36.4 Å². The summed E-state index contributed by atoms with van der Waals surface area (Å²) in [6.07, 6.45) is 3.77. The molecule has 0 saturated carbocycles. The number of aliphatic hydroxyl groups is 2. The van der Waals surface area contributed by atoms with E-state index >= 15 is 0 Å². The Morgan fingerprint density at radius 3 is 2.31 bits per heavy atom. The number of hydrogen-bond acceptors (Lipinski definition) is 5. The van der Waals surface area contributed by atoms with Gasteiger partial charge in [0.05, 0.1) is 23.8 Å². The predicted octanol–water partition coefficient (Wildman–Crippen LogP) is 4.28. The lowest BCUT2D eigenvalue weighted by Crippen LogP contribution is -2.23. The lowest BCUT2D eigenvalue weighted by atomic mass is 9.78. The van der Waals surface area contributed by atoms with Crippen molar-refractivity contribution >= 4 is 23.2 Å². The molecule has 172 valence electrons. The zero-order valence-electron chi connectivity index (χ0n) is 18.1. The van der Waals surface area contributed by atoms with Crippen molar-refractivity contribution in [1.82, 2.24) is 9.55 Å². The fraction of sp³-hybridized carbons (Fsp3) is 0.375. The van der Waals surface area contributed by atoms with Crippen molar-refractivity contribution in [2.45, 2.75) is 38.0 Å². The van der Waals surface area contributed by atoms with Crippen LogP contribution < -0.4 is 9.47 Å². The van der Waals surface area contributed by atoms with Crippen LogP contribution in [0.25, 0.3) is 0 Å². The summed E-state index contributed by atoms with van der Waals surface area (Å²) in [4.78, 5) is 3.96. The molecule has 2 N–H and O–H groups in total. The fourth-order valence-electron chi connectivity index (χ4n) is 3.25. The number of imidazole rings is 1. The normalized spacial score (nSPS) is 13.6. The Hall–Kier alpha value is -2.25. The third-order valence-corrected chi connectivity index (χ3v) is 5.91. The van der Waals surface area contributed by atoms with Crippen LogP contribution in [0.3, 0.4) is 0 Å². The number of alkyl halides is 1. The van der Waals surface area contributed by atoms with Gasteiger partial charge >= 0.3 is 0 Å². The highest BCUT2D eigenvalue weighted by atomic mass is 35.5. The Morgan fingerprint density at radius 2 is 1.69 bits per heavy atom. The van der Waals surface area contributed by atoms with E-state index in [0.717, 1.165) is 11.1 Å². The van der Waals surface area contributed by atoms with E-state index in [4.69, 9.17) is 32.7 Å². The second-order valence-electron chi connectivity index (χ2n) is 8.14. The van der Waals surface area contributed by atoms with Gasteiger partial charge in [-0.25, -0.2) is 4.98 Å². The van der Waals surface area contributed by atoms with E-state index in [0.29, 0.717) is 23.1 Å². The molecule has 0 saturated heterocycles. The van der Waals surface area contributed by atoms with Gasteiger partial charge in [0.1, 0.15) is 36.9 Å². The summed E-state index contributed by atoms with van der Waals surface area (Å²) >= 11 is 12.0. The van der Waals surface area contributed by atoms with Crippen LogP contribution in [0.2, 0.25) is 5.02 Å². The number of aromatic nitrogens is 2. The van der Waals surface area contributed by atoms with Crippen molar-refractivity contribution in [1.29, 1.82) is 0 Å². The average molecular weight is 479 g/mol. The topological polar surface area (TPSA) is 76.7 Å². The molecule has 3 rings (SSSR count). The van der Waals surface area contributed by atoms with Crippen molar-refractivity contribution in [3.8, 4) is 11.5 Å². The number of halogens is 2. The highest BCUT2D eigenvalue weighted by Crippen LogP contribution is 2.36. The van der Waals surface area contributed by atoms with Gasteiger partial charge in [0.25, 0.3) is 0 Å². The molecule has 0 fully saturated rings. The Balaban J connectivity index is 1.62. The summed E-state index contributed by atoms with van der Waals surface area (Å²) in [5, 5.41) is 20.2. The lowest BCUT2D eigenvalue weighted by Gasteiger charge is -2.27. The van der Waals surface area contributed by atoms with Gasteiger partial charge in [-0.3, -0.25) is 0 Å². The average Bonchev–Trinajstić information content (AvgIpc) is 3.29. The van der Waals surface area contributed by atoms with E-state index < -0.39 is 12.2 Å². The first kappa shape index (κ1) is 24.4. The zero-order valence-corrected chi connectivity index (χ0v) is 19.6. The van der Waals surface area contributed by atoms with Crippen molar-refractivity contribution < 1.29 is 19.7 Å². The molecule has 0 amide bonds. The highest BCUT2D eigenvalue weighted by Gasteiger charge is 2.24. The molecule has 0 spiro atoms. The maximum Gasteiger partial charge on any atom is 0.138 e. The van der Waals surface area contributed by atoms with E-state index in [1.54, 1.807) is 29.4 Å². The third-order valence-electron chi connectivity index (χ3n) is 5.26. The SMILES string of the molecule is CC(C)(c1ccc(OC[C@@H](O)Cn2ccnc2)cc1)c1ccc(OC[C@H](O)CCl)c(Cl)c1. The van der Waals surface area contributed by atoms with Crippen molar-refractivity contribution in [2.75, 3.05) is 19.1 Å². The van der Waals surface area contributed by atoms with Crippen LogP contribution in [0.5, 0.6) is 11.5 Å². The molecular formula is C24H28Cl2N2O4. The van der Waals surface area contributed by atoms with Crippen LogP contribution in [0.1, 0.15) is 25.0 Å². The minimum absolute atomic E-state index is 0.0877. The molecule has 2 aromatic carbocycles. The molecule has 1 heterocycles. The Bertz CT molecular complexity index is 978. The van der Waals surface area contributed by atoms with Gasteiger partial charge in [-0.05, 0) is 35.4 Å². The minimum Gasteiger partial charge on any atom is -0.491 e. The Labute approximate surface area is 198 Å². The Kier molecular flexibility index (Phi) is 8.43. The number of ether oxygens (including phenoxy) is 2. The molecule has 0 unspecified atom stereocenters. The van der Waals surface area contributed by atoms with Crippen LogP contribution in [-0.4, -0.2) is 51.1 Å². The quantitative estimate of drug-likeness (QED) is 0.402. The highest BCUT2D eigenvalue weighted by molar-refractivity contribution is 6.32. The first-order chi connectivity index (χ1) is 15.3. The summed E-state index contributed by atoms with van der Waals surface area (Å²) in [6, 6.07) is 13.5. The molecule has 1 aromatic heterocycles. The Morgan fingerprint density at radius 1 is 1.00 bits per heavy atom. The molecular weight excluding hydrogens is 451 g/mol. The number of rotatable bonds is 11. The monoisotopic (exact) mass is 478 g/mol. The predicted molar refractivity (Wildman–Crippen MR) is 126 cm³/mol. The molecule has 0 aliphatic carbocycles. The van der Waals surface area contributed by atoms with Crippen LogP contribution in [0.4, 0.5) is 0 Å². The van der Waals surface area contributed by atoms with Crippen molar-refractivity contribution in [3.05, 3.63) is 77.3 Å². The first-order valence-corrected chi connectivity index (χ1v) is 11.2. The number of nitrogens with zero attached hydrogens (tertiary/aromatic N) is 2. The smallest absolute Gasteiger partial charge is 0.138 e. The number of benzene rings is 2. The number of aliphatic hydroxyl groups excluding tert-OH is 2. The maximum atomic E-state index is 10.1. The van der Waals surface area contributed by atoms with Gasteiger partial charge in [0, 0.05) is 17.8 Å². The van der Waals surface area contributed by atoms with E-state index in [1.165, 1.54) is 0 Å². The van der Waals surface area contributed by atoms with Gasteiger partial charge in [-0.1, -0.05) is 43.6 Å². The van der Waals surface area contributed by atoms with E-state index in [-0.39, 0.29) is 24.5 Å². The molecule has 32 heavy (non-hydrogen) atoms. The van der Waals surface area contributed by atoms with Crippen molar-refractivity contribution in [3.63, 3.8) is 0 Å². The van der Waals surface area contributed by atoms with Crippen molar-refractivity contribution in [2.24, 2.45) is 0 Å². The van der Waals surface area contributed by atoms with Crippen LogP contribution in [-0.2, 0) is 12.0 Å². The first-order valence-electron chi connectivity index (χ1n) is 10.3. The molecule has 0 radical (unpaired) electrons. The largest absolute Gasteiger partial charge is 0.491 e. The molecule has 3 aromatic rings. The van der Waals surface area contributed by atoms with Gasteiger partial charge in [0.2, 0.25) is 0 Å². The fourth-order valence-corrected chi connectivity index (χ4v) is 3.58. The van der Waals surface area contributed by atoms with E-state index in [9.17, 15) is 10.2 Å². The maximum absolute atomic E-state index is 10.1. The summed E-state index contributed by atoms with van der Waals surface area (Å²) in [5.74, 6) is 1.30. The van der Waals surface area contributed by atoms with Gasteiger partial charge < -0.3 is 24.3 Å². The van der Waals surface area contributed by atoms with E-state index in [2.05, 4.69) is 18.8 Å². The van der Waals surface area contributed by atoms with Gasteiger partial charge in [-0.15, -0.1) is 11.6 Å². The summed E-state index contributed by atoms with van der Waals surface area (Å²) in [6.45, 7) is 4.93. The molecule has 0 aliphatic heterocycles. The molecule has 2 atom stereocenters. The van der Waals surface area contributed by atoms with Crippen LogP contribution in [0, 0.1) is 0 Å². The summed E-state index contributed by atoms with van der Waals surface area (Å²) < 4.78 is 13.1. The number of hydrogen-bond donors (Lipinski definition) is 2. The van der Waals surface area contributed by atoms with Crippen LogP contribution >= 0.6 is 23.2 Å². The molecule has 8 heteroatoms. The zero-order chi connectivity index (χ0) is 23.1. The summed E-state index contributed by atoms with van der Waals surface area (Å²) in [5.41, 5.74) is 1.81. The second kappa shape index (κ2) is 11.1.